The molecule has 0 bridgehead atoms. The Kier molecular flexibility index (Phi) is 8.66. The van der Waals surface area contributed by atoms with Crippen molar-refractivity contribution in [1.29, 1.82) is 0 Å². The van der Waals surface area contributed by atoms with Crippen molar-refractivity contribution in [2.75, 3.05) is 13.7 Å². The van der Waals surface area contributed by atoms with E-state index in [4.69, 9.17) is 9.47 Å². The molecule has 0 saturated heterocycles. The third kappa shape index (κ3) is 7.92. The number of aliphatic hydroxyl groups excluding tert-OH is 1. The molecule has 0 spiro atoms. The van der Waals surface area contributed by atoms with Crippen molar-refractivity contribution in [3.8, 4) is 6.01 Å². The van der Waals surface area contributed by atoms with Gasteiger partial charge in [-0.25, -0.2) is 9.97 Å². The zero-order valence-electron chi connectivity index (χ0n) is 14.7. The highest BCUT2D eigenvalue weighted by molar-refractivity contribution is 5.47. The summed E-state index contributed by atoms with van der Waals surface area (Å²) >= 11 is 0. The fourth-order valence-electron chi connectivity index (χ4n) is 2.33. The first kappa shape index (κ1) is 19.1. The van der Waals surface area contributed by atoms with Crippen LogP contribution in [0.3, 0.4) is 0 Å². The Morgan fingerprint density at radius 1 is 1.08 bits per heavy atom. The van der Waals surface area contributed by atoms with Crippen LogP contribution in [0.1, 0.15) is 36.8 Å². The number of unbranched alkanes of at least 4 members (excludes halogenated alkanes) is 2. The van der Waals surface area contributed by atoms with E-state index in [1.54, 1.807) is 18.5 Å². The van der Waals surface area contributed by atoms with Gasteiger partial charge in [-0.1, -0.05) is 55.3 Å². The van der Waals surface area contributed by atoms with E-state index < -0.39 is 6.10 Å². The first-order valence-electron chi connectivity index (χ1n) is 8.62. The van der Waals surface area contributed by atoms with E-state index >= 15 is 0 Å². The molecule has 0 aliphatic carbocycles. The van der Waals surface area contributed by atoms with E-state index in [0.29, 0.717) is 12.6 Å². The summed E-state index contributed by atoms with van der Waals surface area (Å²) in [5.74, 6) is 0. The lowest BCUT2D eigenvalue weighted by Gasteiger charge is -2.06. The average molecular weight is 342 g/mol. The van der Waals surface area contributed by atoms with E-state index in [0.717, 1.165) is 37.9 Å². The van der Waals surface area contributed by atoms with Crippen LogP contribution < -0.4 is 4.74 Å². The van der Waals surface area contributed by atoms with Gasteiger partial charge in [0.2, 0.25) is 0 Å². The molecule has 2 aromatic rings. The largest absolute Gasteiger partial charge is 0.467 e. The number of nitrogens with zero attached hydrogens (tertiary/aromatic N) is 2. The van der Waals surface area contributed by atoms with Gasteiger partial charge in [0.25, 0.3) is 0 Å². The lowest BCUT2D eigenvalue weighted by Crippen LogP contribution is -2.02. The Morgan fingerprint density at radius 2 is 1.84 bits per heavy atom. The van der Waals surface area contributed by atoms with Gasteiger partial charge in [0.1, 0.15) is 0 Å². The molecule has 0 saturated carbocycles. The second-order valence-corrected chi connectivity index (χ2v) is 5.82. The molecule has 1 heterocycles. The predicted octanol–water partition coefficient (Wildman–Crippen LogP) is 3.64. The molecule has 1 atom stereocenters. The molecule has 25 heavy (non-hydrogen) atoms. The molecule has 0 fully saturated rings. The third-order valence-electron chi connectivity index (χ3n) is 3.74. The van der Waals surface area contributed by atoms with Crippen molar-refractivity contribution in [2.24, 2.45) is 0 Å². The maximum absolute atomic E-state index is 9.98. The summed E-state index contributed by atoms with van der Waals surface area (Å²) in [6, 6.07) is 10.5. The highest BCUT2D eigenvalue weighted by atomic mass is 16.5. The molecule has 0 amide bonds. The summed E-state index contributed by atoms with van der Waals surface area (Å²) < 4.78 is 10.6. The highest BCUT2D eigenvalue weighted by Crippen LogP contribution is 2.09. The Bertz CT molecular complexity index is 615. The van der Waals surface area contributed by atoms with Crippen LogP contribution in [0.5, 0.6) is 6.01 Å². The molecule has 0 aliphatic rings. The first-order valence-corrected chi connectivity index (χ1v) is 8.62. The van der Waals surface area contributed by atoms with E-state index in [1.165, 1.54) is 12.7 Å². The zero-order valence-corrected chi connectivity index (χ0v) is 14.7. The Balaban J connectivity index is 1.52. The van der Waals surface area contributed by atoms with Gasteiger partial charge in [0.05, 0.1) is 19.8 Å². The van der Waals surface area contributed by atoms with Crippen LogP contribution in [0.25, 0.3) is 6.08 Å². The SMILES string of the molecule is COc1ncc(/C=C/C(O)CCCCCOCc2ccccc2)cn1. The molecular formula is C20H26N2O3. The summed E-state index contributed by atoms with van der Waals surface area (Å²) in [7, 11) is 1.53. The van der Waals surface area contributed by atoms with Gasteiger partial charge in [-0.2, -0.15) is 0 Å². The highest BCUT2D eigenvalue weighted by Gasteiger charge is 2.00. The second-order valence-electron chi connectivity index (χ2n) is 5.82. The summed E-state index contributed by atoms with van der Waals surface area (Å²) in [6.45, 7) is 1.42. The molecule has 5 nitrogen and oxygen atoms in total. The zero-order chi connectivity index (χ0) is 17.7. The number of ether oxygens (including phenoxy) is 2. The minimum atomic E-state index is -0.452. The van der Waals surface area contributed by atoms with Crippen molar-refractivity contribution < 1.29 is 14.6 Å². The number of aliphatic hydroxyl groups is 1. The van der Waals surface area contributed by atoms with Crippen molar-refractivity contribution in [3.05, 3.63) is 59.9 Å². The molecule has 134 valence electrons. The van der Waals surface area contributed by atoms with E-state index in [9.17, 15) is 5.11 Å². The maximum Gasteiger partial charge on any atom is 0.316 e. The molecule has 1 N–H and O–H groups in total. The third-order valence-corrected chi connectivity index (χ3v) is 3.74. The average Bonchev–Trinajstić information content (AvgIpc) is 2.67. The van der Waals surface area contributed by atoms with E-state index in [2.05, 4.69) is 22.1 Å². The number of aromatic nitrogens is 2. The van der Waals surface area contributed by atoms with Crippen LogP contribution in [-0.2, 0) is 11.3 Å². The summed E-state index contributed by atoms with van der Waals surface area (Å²) in [6.07, 6.45) is 10.3. The van der Waals surface area contributed by atoms with Gasteiger partial charge >= 0.3 is 6.01 Å². The molecule has 0 aliphatic heterocycles. The second kappa shape index (κ2) is 11.3. The summed E-state index contributed by atoms with van der Waals surface area (Å²) in [5, 5.41) is 9.98. The standard InChI is InChI=1S/C20H26N2O3/c1-24-20-21-14-18(15-22-20)11-12-19(23)10-6-3-7-13-25-16-17-8-4-2-5-9-17/h2,4-5,8-9,11-12,14-15,19,23H,3,6-7,10,13,16H2,1H3/b12-11+. The lowest BCUT2D eigenvalue weighted by molar-refractivity contribution is 0.115. The normalized spacial score (nSPS) is 12.4. The van der Waals surface area contributed by atoms with Gasteiger partial charge in [0.15, 0.2) is 0 Å². The molecule has 5 heteroatoms. The fraction of sp³-hybridized carbons (Fsp3) is 0.400. The van der Waals surface area contributed by atoms with Crippen molar-refractivity contribution in [2.45, 2.75) is 38.4 Å². The smallest absolute Gasteiger partial charge is 0.316 e. The van der Waals surface area contributed by atoms with Gasteiger partial charge in [0, 0.05) is 24.6 Å². The van der Waals surface area contributed by atoms with Crippen molar-refractivity contribution in [3.63, 3.8) is 0 Å². The number of methoxy groups -OCH3 is 1. The summed E-state index contributed by atoms with van der Waals surface area (Å²) in [4.78, 5) is 8.04. The number of hydrogen-bond acceptors (Lipinski definition) is 5. The molecule has 0 radical (unpaired) electrons. The van der Waals surface area contributed by atoms with E-state index in [1.807, 2.05) is 24.3 Å². The molecular weight excluding hydrogens is 316 g/mol. The van der Waals surface area contributed by atoms with Gasteiger partial charge < -0.3 is 14.6 Å². The van der Waals surface area contributed by atoms with Crippen molar-refractivity contribution in [1.82, 2.24) is 9.97 Å². The topological polar surface area (TPSA) is 64.5 Å². The van der Waals surface area contributed by atoms with Crippen LogP contribution in [0.15, 0.2) is 48.8 Å². The molecule has 2 rings (SSSR count). The Hall–Kier alpha value is -2.24. The number of hydrogen-bond donors (Lipinski definition) is 1. The number of rotatable bonds is 11. The number of benzene rings is 1. The summed E-state index contributed by atoms with van der Waals surface area (Å²) in [5.41, 5.74) is 2.04. The quantitative estimate of drug-likeness (QED) is 0.632. The minimum absolute atomic E-state index is 0.340. The van der Waals surface area contributed by atoms with Gasteiger partial charge in [-0.05, 0) is 18.4 Å². The maximum atomic E-state index is 9.98. The minimum Gasteiger partial charge on any atom is -0.467 e. The van der Waals surface area contributed by atoms with Crippen molar-refractivity contribution >= 4 is 6.08 Å². The Morgan fingerprint density at radius 3 is 2.56 bits per heavy atom. The lowest BCUT2D eigenvalue weighted by atomic mass is 10.1. The van der Waals surface area contributed by atoms with Crippen LogP contribution in [-0.4, -0.2) is 34.9 Å². The van der Waals surface area contributed by atoms with Gasteiger partial charge in [-0.15, -0.1) is 0 Å². The van der Waals surface area contributed by atoms with Crippen LogP contribution in [0, 0.1) is 0 Å². The predicted molar refractivity (Wildman–Crippen MR) is 98.2 cm³/mol. The molecule has 1 aromatic heterocycles. The molecule has 1 aromatic carbocycles. The molecule has 1 unspecified atom stereocenters. The van der Waals surface area contributed by atoms with Gasteiger partial charge in [-0.3, -0.25) is 0 Å². The van der Waals surface area contributed by atoms with Crippen LogP contribution >= 0.6 is 0 Å². The first-order chi connectivity index (χ1) is 12.3. The van der Waals surface area contributed by atoms with E-state index in [-0.39, 0.29) is 0 Å². The monoisotopic (exact) mass is 342 g/mol. The Labute approximate surface area is 149 Å². The fourth-order valence-corrected chi connectivity index (χ4v) is 2.33. The van der Waals surface area contributed by atoms with Crippen LogP contribution in [0.2, 0.25) is 0 Å². The van der Waals surface area contributed by atoms with Crippen LogP contribution in [0.4, 0.5) is 0 Å².